The predicted octanol–water partition coefficient (Wildman–Crippen LogP) is 4.63. The molecule has 0 aliphatic carbocycles. The van der Waals surface area contributed by atoms with Crippen molar-refractivity contribution in [3.05, 3.63) is 58.9 Å². The Kier molecular flexibility index (Phi) is 5.61. The smallest absolute Gasteiger partial charge is 0.411 e. The van der Waals surface area contributed by atoms with Gasteiger partial charge in [-0.15, -0.1) is 0 Å². The Bertz CT molecular complexity index is 643. The number of carbonyl (C=O) groups excluding carboxylic acids is 1. The standard InChI is InChI=1S/C16H15ClFNO3/c1-2-21-16(20)19-11-5-3-6-12(9-11)22-10-13-14(17)7-4-8-15(13)18/h3-9H,2,10H2,1H3,(H,19,20). The molecule has 0 aliphatic rings. The van der Waals surface area contributed by atoms with E-state index in [0.717, 1.165) is 0 Å². The zero-order valence-corrected chi connectivity index (χ0v) is 12.7. The van der Waals surface area contributed by atoms with Crippen LogP contribution in [0.25, 0.3) is 0 Å². The number of halogens is 2. The van der Waals surface area contributed by atoms with Crippen molar-refractivity contribution in [3.8, 4) is 5.75 Å². The van der Waals surface area contributed by atoms with E-state index in [2.05, 4.69) is 5.32 Å². The number of ether oxygens (including phenoxy) is 2. The van der Waals surface area contributed by atoms with Gasteiger partial charge in [0.05, 0.1) is 11.6 Å². The van der Waals surface area contributed by atoms with Crippen LogP contribution in [0.3, 0.4) is 0 Å². The number of benzene rings is 2. The topological polar surface area (TPSA) is 47.6 Å². The lowest BCUT2D eigenvalue weighted by molar-refractivity contribution is 0.168. The molecule has 1 amide bonds. The number of carbonyl (C=O) groups is 1. The number of rotatable bonds is 5. The first-order chi connectivity index (χ1) is 10.6. The third-order valence-corrected chi connectivity index (χ3v) is 3.15. The Balaban J connectivity index is 2.03. The zero-order chi connectivity index (χ0) is 15.9. The van der Waals surface area contributed by atoms with Crippen molar-refractivity contribution in [1.82, 2.24) is 0 Å². The molecular weight excluding hydrogens is 309 g/mol. The van der Waals surface area contributed by atoms with Crippen molar-refractivity contribution < 1.29 is 18.7 Å². The number of hydrogen-bond donors (Lipinski definition) is 1. The highest BCUT2D eigenvalue weighted by Gasteiger charge is 2.08. The summed E-state index contributed by atoms with van der Waals surface area (Å²) >= 11 is 5.94. The van der Waals surface area contributed by atoms with Crippen LogP contribution in [-0.2, 0) is 11.3 Å². The van der Waals surface area contributed by atoms with Crippen molar-refractivity contribution in [3.63, 3.8) is 0 Å². The molecule has 0 atom stereocenters. The molecule has 4 nitrogen and oxygen atoms in total. The fraction of sp³-hybridized carbons (Fsp3) is 0.188. The summed E-state index contributed by atoms with van der Waals surface area (Å²) in [4.78, 5) is 11.4. The predicted molar refractivity (Wildman–Crippen MR) is 82.8 cm³/mol. The van der Waals surface area contributed by atoms with Crippen LogP contribution in [0.1, 0.15) is 12.5 Å². The van der Waals surface area contributed by atoms with Crippen LogP contribution in [0.5, 0.6) is 5.75 Å². The van der Waals surface area contributed by atoms with Crippen molar-refractivity contribution >= 4 is 23.4 Å². The molecule has 0 heterocycles. The lowest BCUT2D eigenvalue weighted by Gasteiger charge is -2.10. The molecule has 2 rings (SSSR count). The van der Waals surface area contributed by atoms with Gasteiger partial charge >= 0.3 is 6.09 Å². The molecule has 0 saturated carbocycles. The lowest BCUT2D eigenvalue weighted by atomic mass is 10.2. The van der Waals surface area contributed by atoms with Crippen LogP contribution in [0.2, 0.25) is 5.02 Å². The monoisotopic (exact) mass is 323 g/mol. The number of amides is 1. The van der Waals surface area contributed by atoms with Crippen LogP contribution in [0.15, 0.2) is 42.5 Å². The molecule has 22 heavy (non-hydrogen) atoms. The summed E-state index contributed by atoms with van der Waals surface area (Å²) in [7, 11) is 0. The van der Waals surface area contributed by atoms with E-state index in [0.29, 0.717) is 16.5 Å². The highest BCUT2D eigenvalue weighted by atomic mass is 35.5. The molecule has 6 heteroatoms. The molecule has 0 unspecified atom stereocenters. The van der Waals surface area contributed by atoms with E-state index in [-0.39, 0.29) is 18.8 Å². The fourth-order valence-corrected chi connectivity index (χ4v) is 1.99. The lowest BCUT2D eigenvalue weighted by Crippen LogP contribution is -2.13. The van der Waals surface area contributed by atoms with Gasteiger partial charge in [0.25, 0.3) is 0 Å². The van der Waals surface area contributed by atoms with Crippen molar-refractivity contribution in [2.24, 2.45) is 0 Å². The summed E-state index contributed by atoms with van der Waals surface area (Å²) in [6.07, 6.45) is -0.545. The Morgan fingerprint density at radius 2 is 2.05 bits per heavy atom. The summed E-state index contributed by atoms with van der Waals surface area (Å²) in [6, 6.07) is 11.2. The third-order valence-electron chi connectivity index (χ3n) is 2.80. The molecule has 0 bridgehead atoms. The van der Waals surface area contributed by atoms with Gasteiger partial charge in [-0.05, 0) is 31.2 Å². The minimum atomic E-state index is -0.545. The van der Waals surface area contributed by atoms with E-state index in [1.165, 1.54) is 12.1 Å². The fourth-order valence-electron chi connectivity index (χ4n) is 1.77. The highest BCUT2D eigenvalue weighted by Crippen LogP contribution is 2.23. The van der Waals surface area contributed by atoms with Crippen LogP contribution in [0, 0.1) is 5.82 Å². The molecule has 0 saturated heterocycles. The summed E-state index contributed by atoms with van der Waals surface area (Å²) in [5, 5.41) is 2.87. The summed E-state index contributed by atoms with van der Waals surface area (Å²) in [5.41, 5.74) is 0.809. The maximum atomic E-state index is 13.7. The Morgan fingerprint density at radius 1 is 1.27 bits per heavy atom. The van der Waals surface area contributed by atoms with Gasteiger partial charge in [0.2, 0.25) is 0 Å². The Hall–Kier alpha value is -2.27. The molecule has 0 aromatic heterocycles. The molecule has 116 valence electrons. The number of hydrogen-bond acceptors (Lipinski definition) is 3. The van der Waals surface area contributed by atoms with E-state index < -0.39 is 11.9 Å². The van der Waals surface area contributed by atoms with E-state index in [1.807, 2.05) is 0 Å². The number of anilines is 1. The van der Waals surface area contributed by atoms with E-state index in [4.69, 9.17) is 21.1 Å². The van der Waals surface area contributed by atoms with E-state index in [9.17, 15) is 9.18 Å². The quantitative estimate of drug-likeness (QED) is 0.873. The molecular formula is C16H15ClFNO3. The van der Waals surface area contributed by atoms with E-state index in [1.54, 1.807) is 37.3 Å². The summed E-state index contributed by atoms with van der Waals surface area (Å²) < 4.78 is 24.0. The van der Waals surface area contributed by atoms with Gasteiger partial charge in [-0.1, -0.05) is 23.7 Å². The van der Waals surface area contributed by atoms with Crippen molar-refractivity contribution in [2.75, 3.05) is 11.9 Å². The SMILES string of the molecule is CCOC(=O)Nc1cccc(OCc2c(F)cccc2Cl)c1. The summed E-state index contributed by atoms with van der Waals surface area (Å²) in [6.45, 7) is 2.00. The minimum absolute atomic E-state index is 0.00559. The molecule has 0 fully saturated rings. The van der Waals surface area contributed by atoms with E-state index >= 15 is 0 Å². The van der Waals surface area contributed by atoms with Crippen molar-refractivity contribution in [2.45, 2.75) is 13.5 Å². The highest BCUT2D eigenvalue weighted by molar-refractivity contribution is 6.31. The van der Waals surface area contributed by atoms with Gasteiger partial charge in [-0.3, -0.25) is 5.32 Å². The normalized spacial score (nSPS) is 10.1. The van der Waals surface area contributed by atoms with Crippen molar-refractivity contribution in [1.29, 1.82) is 0 Å². The second-order valence-electron chi connectivity index (χ2n) is 4.36. The average molecular weight is 324 g/mol. The molecule has 2 aromatic rings. The van der Waals surface area contributed by atoms with Gasteiger partial charge in [-0.2, -0.15) is 0 Å². The Morgan fingerprint density at radius 3 is 2.77 bits per heavy atom. The van der Waals surface area contributed by atoms with Crippen LogP contribution < -0.4 is 10.1 Å². The first kappa shape index (κ1) is 16.1. The minimum Gasteiger partial charge on any atom is -0.489 e. The first-order valence-corrected chi connectivity index (χ1v) is 7.07. The molecule has 0 aliphatic heterocycles. The van der Waals surface area contributed by atoms with Gasteiger partial charge in [0.1, 0.15) is 18.2 Å². The van der Waals surface area contributed by atoms with Gasteiger partial charge in [0, 0.05) is 17.3 Å². The Labute approximate surface area is 132 Å². The van der Waals surface area contributed by atoms with Gasteiger partial charge in [0.15, 0.2) is 0 Å². The largest absolute Gasteiger partial charge is 0.489 e. The molecule has 0 radical (unpaired) electrons. The maximum absolute atomic E-state index is 13.7. The average Bonchev–Trinajstić information content (AvgIpc) is 2.47. The zero-order valence-electron chi connectivity index (χ0n) is 11.9. The van der Waals surface area contributed by atoms with Crippen LogP contribution >= 0.6 is 11.6 Å². The van der Waals surface area contributed by atoms with Gasteiger partial charge < -0.3 is 9.47 Å². The molecule has 2 aromatic carbocycles. The van der Waals surface area contributed by atoms with Gasteiger partial charge in [-0.25, -0.2) is 9.18 Å². The molecule has 1 N–H and O–H groups in total. The summed E-state index contributed by atoms with van der Waals surface area (Å²) in [5.74, 6) is 0.0573. The van der Waals surface area contributed by atoms with Crippen LogP contribution in [0.4, 0.5) is 14.9 Å². The second-order valence-corrected chi connectivity index (χ2v) is 4.77. The second kappa shape index (κ2) is 7.66. The maximum Gasteiger partial charge on any atom is 0.411 e. The first-order valence-electron chi connectivity index (χ1n) is 6.69. The number of nitrogens with one attached hydrogen (secondary N) is 1. The molecule has 0 spiro atoms. The third kappa shape index (κ3) is 4.36. The van der Waals surface area contributed by atoms with Crippen LogP contribution in [-0.4, -0.2) is 12.7 Å².